The summed E-state index contributed by atoms with van der Waals surface area (Å²) >= 11 is 0. The van der Waals surface area contributed by atoms with Gasteiger partial charge in [0.1, 0.15) is 27.4 Å². The number of aromatic nitrogens is 2. The SMILES string of the molecule is CC(C)C[C@@H]1C=Cc2c(cn(C)c2C(=O)Nc2cc(F)nc(C#N)c2)S(=N)(=O)N1. The van der Waals surface area contributed by atoms with Gasteiger partial charge in [0.2, 0.25) is 5.95 Å². The van der Waals surface area contributed by atoms with Gasteiger partial charge in [0.15, 0.2) is 0 Å². The highest BCUT2D eigenvalue weighted by Gasteiger charge is 2.28. The molecule has 10 heteroatoms. The molecule has 3 N–H and O–H groups in total. The molecule has 0 spiro atoms. The first-order valence-corrected chi connectivity index (χ1v) is 10.5. The van der Waals surface area contributed by atoms with Crippen LogP contribution in [0.4, 0.5) is 10.1 Å². The quantitative estimate of drug-likeness (QED) is 0.663. The zero-order chi connectivity index (χ0) is 21.3. The molecule has 1 unspecified atom stereocenters. The van der Waals surface area contributed by atoms with E-state index in [0.717, 1.165) is 6.07 Å². The fraction of sp³-hybridized carbons (Fsp3) is 0.316. The van der Waals surface area contributed by atoms with Crippen molar-refractivity contribution >= 4 is 27.6 Å². The first kappa shape index (κ1) is 20.7. The molecule has 3 heterocycles. The lowest BCUT2D eigenvalue weighted by Crippen LogP contribution is -2.32. The zero-order valence-corrected chi connectivity index (χ0v) is 17.0. The number of carbonyl (C=O) groups excluding carboxylic acids is 1. The van der Waals surface area contributed by atoms with E-state index in [0.29, 0.717) is 17.9 Å². The molecule has 0 radical (unpaired) electrons. The number of aryl methyl sites for hydroxylation is 1. The number of hydrogen-bond acceptors (Lipinski definition) is 5. The van der Waals surface area contributed by atoms with Crippen LogP contribution in [0.1, 0.15) is 42.0 Å². The van der Waals surface area contributed by atoms with Crippen LogP contribution in [0.5, 0.6) is 0 Å². The van der Waals surface area contributed by atoms with Crippen molar-refractivity contribution in [3.05, 3.63) is 47.3 Å². The molecule has 152 valence electrons. The van der Waals surface area contributed by atoms with Crippen LogP contribution in [0.25, 0.3) is 6.08 Å². The minimum atomic E-state index is -3.33. The van der Waals surface area contributed by atoms with E-state index in [4.69, 9.17) is 10.0 Å². The molecule has 1 aliphatic heterocycles. The van der Waals surface area contributed by atoms with Gasteiger partial charge in [0.05, 0.1) is 4.90 Å². The third-order valence-corrected chi connectivity index (χ3v) is 5.99. The number of amides is 1. The van der Waals surface area contributed by atoms with Crippen molar-refractivity contribution in [1.82, 2.24) is 14.3 Å². The lowest BCUT2D eigenvalue weighted by Gasteiger charge is -2.17. The molecule has 0 bridgehead atoms. The summed E-state index contributed by atoms with van der Waals surface area (Å²) < 4.78 is 39.2. The maximum Gasteiger partial charge on any atom is 0.272 e. The average molecular weight is 416 g/mol. The molecule has 0 aliphatic carbocycles. The number of anilines is 1. The lowest BCUT2D eigenvalue weighted by atomic mass is 10.0. The summed E-state index contributed by atoms with van der Waals surface area (Å²) in [6.07, 6.45) is 5.68. The number of nitriles is 1. The fourth-order valence-corrected chi connectivity index (χ4v) is 4.78. The van der Waals surface area contributed by atoms with Gasteiger partial charge >= 0.3 is 0 Å². The Balaban J connectivity index is 2.01. The van der Waals surface area contributed by atoms with Gasteiger partial charge in [-0.25, -0.2) is 18.7 Å². The third kappa shape index (κ3) is 4.36. The molecule has 3 rings (SSSR count). The Bertz CT molecular complexity index is 1140. The van der Waals surface area contributed by atoms with Gasteiger partial charge in [0, 0.05) is 36.6 Å². The van der Waals surface area contributed by atoms with E-state index in [1.807, 2.05) is 13.8 Å². The maximum absolute atomic E-state index is 13.6. The molecule has 1 aliphatic rings. The zero-order valence-electron chi connectivity index (χ0n) is 16.2. The van der Waals surface area contributed by atoms with Crippen molar-refractivity contribution in [2.24, 2.45) is 13.0 Å². The van der Waals surface area contributed by atoms with E-state index >= 15 is 0 Å². The molecule has 8 nitrogen and oxygen atoms in total. The smallest absolute Gasteiger partial charge is 0.272 e. The van der Waals surface area contributed by atoms with Gasteiger partial charge in [-0.3, -0.25) is 4.79 Å². The van der Waals surface area contributed by atoms with Crippen molar-refractivity contribution in [1.29, 1.82) is 10.0 Å². The van der Waals surface area contributed by atoms with Crippen molar-refractivity contribution in [3.8, 4) is 6.07 Å². The van der Waals surface area contributed by atoms with Crippen LogP contribution in [0.3, 0.4) is 0 Å². The highest BCUT2D eigenvalue weighted by atomic mass is 32.2. The Kier molecular flexibility index (Phi) is 5.55. The Labute approximate surface area is 168 Å². The van der Waals surface area contributed by atoms with E-state index in [9.17, 15) is 13.4 Å². The normalized spacial score (nSPS) is 20.8. The molecular formula is C19H21FN6O2S. The predicted octanol–water partition coefficient (Wildman–Crippen LogP) is 3.03. The molecule has 2 atom stereocenters. The van der Waals surface area contributed by atoms with E-state index in [-0.39, 0.29) is 28.0 Å². The number of halogens is 1. The van der Waals surface area contributed by atoms with Crippen LogP contribution in [0.2, 0.25) is 0 Å². The van der Waals surface area contributed by atoms with Crippen molar-refractivity contribution < 1.29 is 13.4 Å². The van der Waals surface area contributed by atoms with E-state index in [2.05, 4.69) is 15.0 Å². The van der Waals surface area contributed by atoms with Crippen molar-refractivity contribution in [2.75, 3.05) is 5.32 Å². The average Bonchev–Trinajstić information content (AvgIpc) is 2.90. The topological polar surface area (TPSA) is 124 Å². The summed E-state index contributed by atoms with van der Waals surface area (Å²) in [5, 5.41) is 11.5. The standard InChI is InChI=1S/C19H21FN6O2S/c1-11(2)6-12-4-5-15-16(29(22,28)25-12)10-26(3)18(15)19(27)24-13-7-14(9-21)23-17(20)8-13/h4-5,7-8,10-12H,6H2,1-3H3,(H2,22,25,28)(H,23,24,27)/t12-,29?/m0/s1. The summed E-state index contributed by atoms with van der Waals surface area (Å²) in [5.41, 5.74) is 0.465. The summed E-state index contributed by atoms with van der Waals surface area (Å²) in [5.74, 6) is -1.14. The van der Waals surface area contributed by atoms with Gasteiger partial charge in [0.25, 0.3) is 5.91 Å². The van der Waals surface area contributed by atoms with Crippen LogP contribution in [-0.4, -0.2) is 25.7 Å². The number of rotatable bonds is 4. The minimum Gasteiger partial charge on any atom is -0.345 e. The fourth-order valence-electron chi connectivity index (χ4n) is 3.27. The first-order chi connectivity index (χ1) is 13.6. The van der Waals surface area contributed by atoms with Gasteiger partial charge in [-0.05, 0) is 18.4 Å². The van der Waals surface area contributed by atoms with E-state index < -0.39 is 21.8 Å². The Morgan fingerprint density at radius 2 is 2.24 bits per heavy atom. The van der Waals surface area contributed by atoms with Gasteiger partial charge < -0.3 is 9.88 Å². The minimum absolute atomic E-state index is 0.0778. The lowest BCUT2D eigenvalue weighted by molar-refractivity contribution is 0.101. The number of nitrogens with zero attached hydrogens (tertiary/aromatic N) is 3. The molecule has 1 amide bonds. The van der Waals surface area contributed by atoms with Gasteiger partial charge in [-0.1, -0.05) is 26.0 Å². The summed E-state index contributed by atoms with van der Waals surface area (Å²) in [6.45, 7) is 4.06. The second kappa shape index (κ2) is 7.77. The molecule has 2 aromatic heterocycles. The Morgan fingerprint density at radius 1 is 1.52 bits per heavy atom. The van der Waals surface area contributed by atoms with E-state index in [1.165, 1.54) is 16.8 Å². The highest BCUT2D eigenvalue weighted by molar-refractivity contribution is 7.90. The van der Waals surface area contributed by atoms with Crippen LogP contribution < -0.4 is 10.0 Å². The van der Waals surface area contributed by atoms with Crippen molar-refractivity contribution in [3.63, 3.8) is 0 Å². The van der Waals surface area contributed by atoms with Crippen LogP contribution in [0.15, 0.2) is 29.3 Å². The first-order valence-electron chi connectivity index (χ1n) is 8.93. The second-order valence-corrected chi connectivity index (χ2v) is 9.05. The molecular weight excluding hydrogens is 395 g/mol. The second-order valence-electron chi connectivity index (χ2n) is 7.27. The molecule has 0 fully saturated rings. The number of carbonyl (C=O) groups is 1. The van der Waals surface area contributed by atoms with Crippen LogP contribution >= 0.6 is 0 Å². The monoisotopic (exact) mass is 416 g/mol. The summed E-state index contributed by atoms with van der Waals surface area (Å²) in [7, 11) is -1.72. The number of nitrogens with one attached hydrogen (secondary N) is 3. The van der Waals surface area contributed by atoms with Gasteiger partial charge in [-0.2, -0.15) is 9.65 Å². The van der Waals surface area contributed by atoms with E-state index in [1.54, 1.807) is 25.3 Å². The summed E-state index contributed by atoms with van der Waals surface area (Å²) in [6, 6.07) is 3.72. The third-order valence-electron chi connectivity index (χ3n) is 4.41. The van der Waals surface area contributed by atoms with Gasteiger partial charge in [-0.15, -0.1) is 0 Å². The highest BCUT2D eigenvalue weighted by Crippen LogP contribution is 2.28. The maximum atomic E-state index is 13.6. The largest absolute Gasteiger partial charge is 0.345 e. The molecule has 0 aromatic carbocycles. The Hall–Kier alpha value is -3.03. The number of hydrogen-bond donors (Lipinski definition) is 3. The molecule has 2 aromatic rings. The number of fused-ring (bicyclic) bond motifs is 1. The molecule has 0 saturated carbocycles. The molecule has 0 saturated heterocycles. The number of pyridine rings is 1. The summed E-state index contributed by atoms with van der Waals surface area (Å²) in [4.78, 5) is 16.5. The van der Waals surface area contributed by atoms with Crippen molar-refractivity contribution in [2.45, 2.75) is 31.2 Å². The predicted molar refractivity (Wildman–Crippen MR) is 107 cm³/mol. The Morgan fingerprint density at radius 3 is 2.90 bits per heavy atom. The molecule has 29 heavy (non-hydrogen) atoms. The van der Waals surface area contributed by atoms with Crippen LogP contribution in [-0.2, 0) is 17.0 Å². The van der Waals surface area contributed by atoms with Crippen LogP contribution in [0, 0.1) is 28.0 Å².